The molecule has 0 aliphatic carbocycles. The summed E-state index contributed by atoms with van der Waals surface area (Å²) in [6, 6.07) is 32.5. The van der Waals surface area contributed by atoms with Crippen LogP contribution in [0.1, 0.15) is 129 Å². The summed E-state index contributed by atoms with van der Waals surface area (Å²) in [5.74, 6) is 0. The van der Waals surface area contributed by atoms with Gasteiger partial charge in [0.1, 0.15) is 5.60 Å². The Labute approximate surface area is 374 Å². The van der Waals surface area contributed by atoms with Crippen LogP contribution in [-0.2, 0) is 11.2 Å². The van der Waals surface area contributed by atoms with E-state index >= 15 is 0 Å². The molecular formula is C54H77N5O3. The van der Waals surface area contributed by atoms with Gasteiger partial charge in [-0.3, -0.25) is 14.7 Å². The van der Waals surface area contributed by atoms with E-state index in [0.29, 0.717) is 25.2 Å². The third kappa shape index (κ3) is 13.6. The van der Waals surface area contributed by atoms with E-state index < -0.39 is 5.60 Å². The van der Waals surface area contributed by atoms with Gasteiger partial charge < -0.3 is 15.0 Å². The third-order valence-electron chi connectivity index (χ3n) is 13.2. The Morgan fingerprint density at radius 3 is 1.53 bits per heavy atom. The number of piperidine rings is 4. The van der Waals surface area contributed by atoms with Crippen LogP contribution in [0.3, 0.4) is 0 Å². The molecule has 4 heterocycles. The molecule has 0 spiro atoms. The number of urea groups is 1. The van der Waals surface area contributed by atoms with Gasteiger partial charge in [0.2, 0.25) is 0 Å². The van der Waals surface area contributed by atoms with E-state index in [1.165, 1.54) is 79.5 Å². The fourth-order valence-corrected chi connectivity index (χ4v) is 9.80. The summed E-state index contributed by atoms with van der Waals surface area (Å²) in [6.45, 7) is 21.3. The van der Waals surface area contributed by atoms with Crippen LogP contribution in [0.25, 0.3) is 12.2 Å². The molecule has 3 amide bonds. The normalized spacial score (nSPS) is 23.3. The van der Waals surface area contributed by atoms with Crippen molar-refractivity contribution in [3.05, 3.63) is 119 Å². The van der Waals surface area contributed by atoms with Crippen LogP contribution in [0, 0.1) is 0 Å². The average Bonchev–Trinajstić information content (AvgIpc) is 3.25. The topological polar surface area (TPSA) is 68.4 Å². The number of likely N-dealkylation sites (tertiary alicyclic amines) is 4. The molecular weight excluding hydrogens is 767 g/mol. The zero-order chi connectivity index (χ0) is 44.2. The Balaban J connectivity index is 0.000000211. The summed E-state index contributed by atoms with van der Waals surface area (Å²) in [5.41, 5.74) is 5.57. The first-order chi connectivity index (χ1) is 29.7. The molecule has 4 fully saturated rings. The van der Waals surface area contributed by atoms with Crippen LogP contribution in [-0.4, -0.2) is 106 Å². The molecule has 0 aromatic heterocycles. The van der Waals surface area contributed by atoms with E-state index in [9.17, 15) is 9.59 Å². The van der Waals surface area contributed by atoms with E-state index in [1.807, 2.05) is 31.7 Å². The number of amides is 3. The number of benzene rings is 3. The number of aryl methyl sites for hydroxylation is 1. The van der Waals surface area contributed by atoms with Crippen LogP contribution < -0.4 is 5.32 Å². The number of hydrogen-bond donors (Lipinski definition) is 1. The van der Waals surface area contributed by atoms with Gasteiger partial charge in [-0.25, -0.2) is 9.59 Å². The van der Waals surface area contributed by atoms with Crippen molar-refractivity contribution >= 4 is 24.3 Å². The molecule has 7 rings (SSSR count). The summed E-state index contributed by atoms with van der Waals surface area (Å²) in [5, 5.41) is 3.22. The van der Waals surface area contributed by atoms with Crippen molar-refractivity contribution in [2.24, 2.45) is 0 Å². The van der Waals surface area contributed by atoms with E-state index in [-0.39, 0.29) is 23.2 Å². The highest BCUT2D eigenvalue weighted by Crippen LogP contribution is 2.38. The van der Waals surface area contributed by atoms with Gasteiger partial charge in [0, 0.05) is 42.8 Å². The van der Waals surface area contributed by atoms with Gasteiger partial charge in [0.05, 0.1) is 0 Å². The fraction of sp³-hybridized carbons (Fsp3) is 0.556. The SMILES string of the molecule is CC(C)(C)OC(=O)N1C/C(=C\c2ccccc2)C(N2CCCCC2)CC1(C)C.CC1(C)CC(N2CCCCC2)/C(=C/c2ccccc2)CN1C(=O)NCCCCc1ccccc1. The molecule has 0 bridgehead atoms. The van der Waals surface area contributed by atoms with Crippen molar-refractivity contribution < 1.29 is 14.3 Å². The lowest BCUT2D eigenvalue weighted by molar-refractivity contribution is -0.0109. The number of unbranched alkanes of at least 4 members (excludes halogenated alkanes) is 1. The van der Waals surface area contributed by atoms with Crippen LogP contribution >= 0.6 is 0 Å². The Bertz CT molecular complexity index is 1910. The van der Waals surface area contributed by atoms with E-state index in [0.717, 1.165) is 51.7 Å². The maximum Gasteiger partial charge on any atom is 0.411 e. The van der Waals surface area contributed by atoms with E-state index in [2.05, 4.69) is 145 Å². The second kappa shape index (κ2) is 21.8. The lowest BCUT2D eigenvalue weighted by Crippen LogP contribution is -2.60. The summed E-state index contributed by atoms with van der Waals surface area (Å²) in [7, 11) is 0. The molecule has 4 aliphatic rings. The molecule has 4 aliphatic heterocycles. The molecule has 0 radical (unpaired) electrons. The first-order valence-electron chi connectivity index (χ1n) is 23.8. The minimum atomic E-state index is -0.486. The van der Waals surface area contributed by atoms with Crippen molar-refractivity contribution in [1.82, 2.24) is 24.9 Å². The zero-order valence-corrected chi connectivity index (χ0v) is 39.2. The largest absolute Gasteiger partial charge is 0.444 e. The minimum Gasteiger partial charge on any atom is -0.444 e. The predicted octanol–water partition coefficient (Wildman–Crippen LogP) is 11.5. The standard InChI is InChI=1S/C30H41N3O.C24H36N2O2/c1-30(2)23-28(32-20-12-5-13-21-32)27(22-26-17-8-4-9-18-26)24-33(30)29(34)31-19-11-10-16-25-14-6-3-7-15-25;1-23(2,3)28-22(27)26-18-20(16-19-12-8-6-9-13-19)21(17-24(26,4)5)25-14-10-7-11-15-25/h3-4,6-9,14-15,17-18,22,28H,5,10-13,16,19-21,23-24H2,1-2H3,(H,31,34);6,8-9,12-13,16,21H,7,10-11,14-15,17-18H2,1-5H3/b27-22+;20-16+. The van der Waals surface area contributed by atoms with Gasteiger partial charge >= 0.3 is 12.1 Å². The Kier molecular flexibility index (Phi) is 16.6. The minimum absolute atomic E-state index is 0.0702. The van der Waals surface area contributed by atoms with Crippen molar-refractivity contribution in [3.63, 3.8) is 0 Å². The highest BCUT2D eigenvalue weighted by atomic mass is 16.6. The van der Waals surface area contributed by atoms with Crippen molar-refractivity contribution in [1.29, 1.82) is 0 Å². The molecule has 8 nitrogen and oxygen atoms in total. The average molecular weight is 844 g/mol. The molecule has 8 heteroatoms. The summed E-state index contributed by atoms with van der Waals surface area (Å²) < 4.78 is 5.74. The summed E-state index contributed by atoms with van der Waals surface area (Å²) in [4.78, 5) is 35.6. The maximum absolute atomic E-state index is 13.3. The number of hydrogen-bond acceptors (Lipinski definition) is 5. The molecule has 4 saturated heterocycles. The highest BCUT2D eigenvalue weighted by molar-refractivity contribution is 5.76. The summed E-state index contributed by atoms with van der Waals surface area (Å²) >= 11 is 0. The Morgan fingerprint density at radius 2 is 1.06 bits per heavy atom. The molecule has 3 aromatic rings. The maximum atomic E-state index is 13.3. The number of rotatable bonds is 9. The van der Waals surface area contributed by atoms with Gasteiger partial charge in [0.25, 0.3) is 0 Å². The van der Waals surface area contributed by atoms with Crippen molar-refractivity contribution in [2.75, 3.05) is 45.8 Å². The number of ether oxygens (including phenoxy) is 1. The fourth-order valence-electron chi connectivity index (χ4n) is 9.80. The van der Waals surface area contributed by atoms with Gasteiger partial charge in [-0.2, -0.15) is 0 Å². The van der Waals surface area contributed by atoms with Gasteiger partial charge in [-0.05, 0) is 160 Å². The predicted molar refractivity (Wildman–Crippen MR) is 257 cm³/mol. The van der Waals surface area contributed by atoms with E-state index in [1.54, 1.807) is 0 Å². The second-order valence-corrected chi connectivity index (χ2v) is 20.3. The lowest BCUT2D eigenvalue weighted by atomic mass is 9.82. The number of carbonyl (C=O) groups is 2. The number of carbonyl (C=O) groups excluding carboxylic acids is 2. The highest BCUT2D eigenvalue weighted by Gasteiger charge is 2.44. The molecule has 2 atom stereocenters. The monoisotopic (exact) mass is 844 g/mol. The first kappa shape index (κ1) is 47.1. The van der Waals surface area contributed by atoms with Gasteiger partial charge in [-0.15, -0.1) is 0 Å². The van der Waals surface area contributed by atoms with Crippen LogP contribution in [0.4, 0.5) is 9.59 Å². The Hall–Kier alpha value is -4.40. The van der Waals surface area contributed by atoms with Crippen molar-refractivity contribution in [3.8, 4) is 0 Å². The zero-order valence-electron chi connectivity index (χ0n) is 39.2. The van der Waals surface area contributed by atoms with E-state index in [4.69, 9.17) is 4.74 Å². The van der Waals surface area contributed by atoms with Gasteiger partial charge in [-0.1, -0.05) is 116 Å². The molecule has 336 valence electrons. The summed E-state index contributed by atoms with van der Waals surface area (Å²) in [6.07, 6.45) is 17.2. The third-order valence-corrected chi connectivity index (χ3v) is 13.2. The second-order valence-electron chi connectivity index (χ2n) is 20.3. The molecule has 2 unspecified atom stereocenters. The number of nitrogens with zero attached hydrogens (tertiary/aromatic N) is 4. The molecule has 3 aromatic carbocycles. The molecule has 1 N–H and O–H groups in total. The van der Waals surface area contributed by atoms with Gasteiger partial charge in [0.15, 0.2) is 0 Å². The van der Waals surface area contributed by atoms with Crippen LogP contribution in [0.5, 0.6) is 0 Å². The first-order valence-corrected chi connectivity index (χ1v) is 23.8. The molecule has 0 saturated carbocycles. The van der Waals surface area contributed by atoms with Crippen LogP contribution in [0.15, 0.2) is 102 Å². The van der Waals surface area contributed by atoms with Crippen LogP contribution in [0.2, 0.25) is 0 Å². The number of nitrogens with one attached hydrogen (secondary N) is 1. The lowest BCUT2D eigenvalue weighted by Gasteiger charge is -2.50. The quantitative estimate of drug-likeness (QED) is 0.217. The van der Waals surface area contributed by atoms with Crippen molar-refractivity contribution in [2.45, 2.75) is 148 Å². The Morgan fingerprint density at radius 1 is 0.629 bits per heavy atom. The molecule has 62 heavy (non-hydrogen) atoms. The smallest absolute Gasteiger partial charge is 0.411 e.